The first-order chi connectivity index (χ1) is 10.3. The molecular weight excluding hydrogens is 296 g/mol. The predicted molar refractivity (Wildman–Crippen MR) is 71.9 cm³/mol. The summed E-state index contributed by atoms with van der Waals surface area (Å²) in [4.78, 5) is 44.5. The van der Waals surface area contributed by atoms with Gasteiger partial charge in [0.05, 0.1) is 21.0 Å². The average Bonchev–Trinajstić information content (AvgIpc) is 2.48. The van der Waals surface area contributed by atoms with Gasteiger partial charge in [0.1, 0.15) is 0 Å². The van der Waals surface area contributed by atoms with Crippen LogP contribution in [0.3, 0.4) is 0 Å². The minimum absolute atomic E-state index is 0.0585. The SMILES string of the molecule is NN1C(=O)c2cc([N+](=O)[O-])cc3cc([N+](=O)[O-])cc(c23)C1=O. The molecule has 0 fully saturated rings. The van der Waals surface area contributed by atoms with E-state index >= 15 is 0 Å². The Morgan fingerprint density at radius 3 is 1.64 bits per heavy atom. The van der Waals surface area contributed by atoms with Gasteiger partial charge in [0.2, 0.25) is 0 Å². The van der Waals surface area contributed by atoms with Gasteiger partial charge in [0.25, 0.3) is 23.2 Å². The van der Waals surface area contributed by atoms with E-state index in [0.717, 1.165) is 24.3 Å². The van der Waals surface area contributed by atoms with Crippen LogP contribution in [0.5, 0.6) is 0 Å². The number of imide groups is 1. The Morgan fingerprint density at radius 2 is 1.27 bits per heavy atom. The molecule has 2 amide bonds. The van der Waals surface area contributed by atoms with Gasteiger partial charge in [0.15, 0.2) is 0 Å². The van der Waals surface area contributed by atoms with Crippen LogP contribution in [0.1, 0.15) is 20.7 Å². The van der Waals surface area contributed by atoms with Crippen LogP contribution in [0.2, 0.25) is 0 Å². The van der Waals surface area contributed by atoms with Crippen LogP contribution in [-0.4, -0.2) is 26.7 Å². The zero-order valence-corrected chi connectivity index (χ0v) is 10.7. The van der Waals surface area contributed by atoms with Gasteiger partial charge >= 0.3 is 0 Å². The minimum atomic E-state index is -0.903. The van der Waals surface area contributed by atoms with Crippen LogP contribution in [0.15, 0.2) is 24.3 Å². The normalized spacial score (nSPS) is 13.6. The van der Waals surface area contributed by atoms with Gasteiger partial charge < -0.3 is 0 Å². The molecule has 1 aliphatic rings. The molecule has 0 unspecified atom stereocenters. The van der Waals surface area contributed by atoms with Gasteiger partial charge in [-0.25, -0.2) is 10.9 Å². The van der Waals surface area contributed by atoms with Crippen molar-refractivity contribution >= 4 is 34.0 Å². The molecule has 2 N–H and O–H groups in total. The number of non-ortho nitro benzene ring substituents is 2. The van der Waals surface area contributed by atoms with Crippen molar-refractivity contribution in [1.82, 2.24) is 5.01 Å². The molecule has 2 aromatic rings. The lowest BCUT2D eigenvalue weighted by atomic mass is 9.93. The molecule has 0 aromatic heterocycles. The van der Waals surface area contributed by atoms with Crippen molar-refractivity contribution in [3.05, 3.63) is 55.6 Å². The second kappa shape index (κ2) is 4.30. The molecule has 110 valence electrons. The van der Waals surface area contributed by atoms with E-state index in [1.165, 1.54) is 0 Å². The molecular formula is C12H6N4O6. The van der Waals surface area contributed by atoms with Crippen molar-refractivity contribution in [2.45, 2.75) is 0 Å². The fourth-order valence-electron chi connectivity index (χ4n) is 2.38. The lowest BCUT2D eigenvalue weighted by molar-refractivity contribution is -0.385. The van der Waals surface area contributed by atoms with Crippen molar-refractivity contribution in [3.63, 3.8) is 0 Å². The van der Waals surface area contributed by atoms with Crippen LogP contribution in [0.25, 0.3) is 10.8 Å². The number of hydrogen-bond donors (Lipinski definition) is 1. The van der Waals surface area contributed by atoms with E-state index in [9.17, 15) is 29.8 Å². The molecule has 10 nitrogen and oxygen atoms in total. The second-order valence-electron chi connectivity index (χ2n) is 4.58. The summed E-state index contributed by atoms with van der Waals surface area (Å²) in [5.41, 5.74) is -1.14. The van der Waals surface area contributed by atoms with Gasteiger partial charge in [-0.05, 0) is 5.39 Å². The van der Waals surface area contributed by atoms with Gasteiger partial charge in [-0.15, -0.1) is 0 Å². The molecule has 0 saturated heterocycles. The summed E-state index contributed by atoms with van der Waals surface area (Å²) in [6.45, 7) is 0. The highest BCUT2D eigenvalue weighted by Gasteiger charge is 2.34. The summed E-state index contributed by atoms with van der Waals surface area (Å²) in [6, 6.07) is 4.13. The highest BCUT2D eigenvalue weighted by atomic mass is 16.6. The first-order valence-electron chi connectivity index (χ1n) is 5.85. The molecule has 0 atom stereocenters. The third-order valence-corrected chi connectivity index (χ3v) is 3.34. The maximum absolute atomic E-state index is 12.0. The zero-order chi connectivity index (χ0) is 16.2. The number of carbonyl (C=O) groups is 2. The summed E-state index contributed by atoms with van der Waals surface area (Å²) in [5, 5.41) is 22.3. The maximum atomic E-state index is 12.0. The largest absolute Gasteiger partial charge is 0.276 e. The van der Waals surface area contributed by atoms with Crippen molar-refractivity contribution in [1.29, 1.82) is 0 Å². The predicted octanol–water partition coefficient (Wildman–Crippen LogP) is 1.13. The smallest absolute Gasteiger partial charge is 0.267 e. The van der Waals surface area contributed by atoms with E-state index in [2.05, 4.69) is 0 Å². The Bertz CT molecular complexity index is 837. The fourth-order valence-corrected chi connectivity index (χ4v) is 2.38. The van der Waals surface area contributed by atoms with Crippen molar-refractivity contribution in [2.24, 2.45) is 5.84 Å². The van der Waals surface area contributed by atoms with Crippen molar-refractivity contribution in [2.75, 3.05) is 0 Å². The molecule has 0 bridgehead atoms. The number of nitrogens with two attached hydrogens (primary N) is 1. The number of rotatable bonds is 2. The van der Waals surface area contributed by atoms with Gasteiger partial charge in [-0.3, -0.25) is 29.8 Å². The molecule has 10 heteroatoms. The van der Waals surface area contributed by atoms with E-state index in [-0.39, 0.29) is 26.9 Å². The van der Waals surface area contributed by atoms with Crippen molar-refractivity contribution < 1.29 is 19.4 Å². The maximum Gasteiger partial charge on any atom is 0.276 e. The number of hydrogen-bond acceptors (Lipinski definition) is 7. The number of nitro groups is 2. The molecule has 1 aliphatic heterocycles. The van der Waals surface area contributed by atoms with Gasteiger partial charge in [0, 0.05) is 29.7 Å². The van der Waals surface area contributed by atoms with E-state index < -0.39 is 33.0 Å². The molecule has 0 spiro atoms. The first kappa shape index (κ1) is 13.6. The molecule has 0 radical (unpaired) electrons. The Morgan fingerprint density at radius 1 is 0.864 bits per heavy atom. The Kier molecular flexibility index (Phi) is 2.65. The highest BCUT2D eigenvalue weighted by molar-refractivity contribution is 6.25. The van der Waals surface area contributed by atoms with Crippen LogP contribution < -0.4 is 5.84 Å². The molecule has 0 aliphatic carbocycles. The fraction of sp³-hybridized carbons (Fsp3) is 0. The quantitative estimate of drug-likeness (QED) is 0.287. The zero-order valence-electron chi connectivity index (χ0n) is 10.7. The molecule has 1 heterocycles. The van der Waals surface area contributed by atoms with Crippen LogP contribution in [0, 0.1) is 20.2 Å². The van der Waals surface area contributed by atoms with E-state index in [4.69, 9.17) is 5.84 Å². The molecule has 3 rings (SSSR count). The third-order valence-electron chi connectivity index (χ3n) is 3.34. The first-order valence-corrected chi connectivity index (χ1v) is 5.85. The lowest BCUT2D eigenvalue weighted by Gasteiger charge is -2.22. The number of nitro benzene ring substituents is 2. The van der Waals surface area contributed by atoms with Crippen molar-refractivity contribution in [3.8, 4) is 0 Å². The third kappa shape index (κ3) is 1.71. The molecule has 0 saturated carbocycles. The number of amides is 2. The van der Waals surface area contributed by atoms with E-state index in [0.29, 0.717) is 0 Å². The van der Waals surface area contributed by atoms with Gasteiger partial charge in [-0.2, -0.15) is 0 Å². The standard InChI is InChI=1S/C12H6N4O6/c13-14-11(17)8-3-6(15(19)20)1-5-2-7(16(21)22)4-9(10(5)8)12(14)18/h1-4H,13H2. The number of benzene rings is 2. The topological polar surface area (TPSA) is 150 Å². The Hall–Kier alpha value is -3.40. The van der Waals surface area contributed by atoms with Crippen LogP contribution in [0.4, 0.5) is 11.4 Å². The van der Waals surface area contributed by atoms with Crippen LogP contribution in [-0.2, 0) is 0 Å². The van der Waals surface area contributed by atoms with Crippen LogP contribution >= 0.6 is 0 Å². The Balaban J connectivity index is 2.50. The monoisotopic (exact) mass is 302 g/mol. The number of carbonyl (C=O) groups excluding carboxylic acids is 2. The summed E-state index contributed by atoms with van der Waals surface area (Å²) in [7, 11) is 0. The molecule has 22 heavy (non-hydrogen) atoms. The number of nitrogens with zero attached hydrogens (tertiary/aromatic N) is 3. The average molecular weight is 302 g/mol. The summed E-state index contributed by atoms with van der Waals surface area (Å²) >= 11 is 0. The molecule has 2 aromatic carbocycles. The number of hydrazine groups is 1. The lowest BCUT2D eigenvalue weighted by Crippen LogP contribution is -2.45. The summed E-state index contributed by atoms with van der Waals surface area (Å²) in [5.74, 6) is 3.55. The van der Waals surface area contributed by atoms with Gasteiger partial charge in [-0.1, -0.05) is 0 Å². The second-order valence-corrected chi connectivity index (χ2v) is 4.58. The summed E-state index contributed by atoms with van der Waals surface area (Å²) < 4.78 is 0. The summed E-state index contributed by atoms with van der Waals surface area (Å²) in [6.07, 6.45) is 0. The highest BCUT2D eigenvalue weighted by Crippen LogP contribution is 2.35. The Labute approximate surface area is 121 Å². The minimum Gasteiger partial charge on any atom is -0.267 e. The van der Waals surface area contributed by atoms with E-state index in [1.54, 1.807) is 0 Å². The van der Waals surface area contributed by atoms with E-state index in [1.807, 2.05) is 0 Å².